The molecule has 0 saturated carbocycles. The second-order valence-electron chi connectivity index (χ2n) is 8.18. The van der Waals surface area contributed by atoms with Crippen molar-refractivity contribution in [2.45, 2.75) is 11.5 Å². The van der Waals surface area contributed by atoms with Gasteiger partial charge < -0.3 is 5.11 Å². The Morgan fingerprint density at radius 1 is 0.529 bits per heavy atom. The lowest BCUT2D eigenvalue weighted by molar-refractivity contribution is 0.220. The predicted octanol–water partition coefficient (Wildman–Crippen LogP) is 9.20. The molecule has 6 rings (SSSR count). The van der Waals surface area contributed by atoms with Crippen molar-refractivity contribution in [1.82, 2.24) is 0 Å². The van der Waals surface area contributed by atoms with E-state index in [1.54, 1.807) is 0 Å². The molecule has 4 aromatic carbocycles. The van der Waals surface area contributed by atoms with E-state index in [1.165, 1.54) is 11.1 Å². The molecule has 2 atom stereocenters. The van der Waals surface area contributed by atoms with Gasteiger partial charge in [0.25, 0.3) is 0 Å². The minimum Gasteiger partial charge on any atom is -0.384 e. The smallest absolute Gasteiger partial charge is 0.105 e. The lowest BCUT2D eigenvalue weighted by Crippen LogP contribution is -2.02. The summed E-state index contributed by atoms with van der Waals surface area (Å²) in [5.74, 6) is 0. The first-order valence-electron chi connectivity index (χ1n) is 11.0. The highest BCUT2D eigenvalue weighted by atomic mass is 79.9. The fourth-order valence-corrected chi connectivity index (χ4v) is 6.02. The van der Waals surface area contributed by atoms with Crippen LogP contribution < -0.4 is 0 Å². The second kappa shape index (κ2) is 10.1. The number of benzene rings is 4. The van der Waals surface area contributed by atoms with Crippen LogP contribution in [0.25, 0.3) is 21.1 Å². The fourth-order valence-electron chi connectivity index (χ4n) is 4.42. The van der Waals surface area contributed by atoms with Gasteiger partial charge in [-0.05, 0) is 56.7 Å². The minimum absolute atomic E-state index is 0.0892. The summed E-state index contributed by atoms with van der Waals surface area (Å²) in [6.07, 6.45) is 3.63. The largest absolute Gasteiger partial charge is 0.384 e. The summed E-state index contributed by atoms with van der Waals surface area (Å²) < 4.78 is 2.10. The number of fused-ring (bicyclic) bond motifs is 4. The van der Waals surface area contributed by atoms with Gasteiger partial charge in [-0.3, -0.25) is 0 Å². The van der Waals surface area contributed by atoms with Crippen LogP contribution in [0, 0.1) is 0 Å². The first-order valence-corrected chi connectivity index (χ1v) is 13.0. The molecule has 0 radical (unpaired) electrons. The van der Waals surface area contributed by atoms with Gasteiger partial charge in [-0.25, -0.2) is 0 Å². The highest BCUT2D eigenvalue weighted by Gasteiger charge is 2.22. The standard InChI is InChI=1S/C15H10BrCl.C15H11BrO/c2*16-14-9-10-5-1-2-6-11(10)15(17)13-8-4-3-7-12(13)14/h1-9,15H;1-9,15,17H. The Morgan fingerprint density at radius 3 is 1.56 bits per heavy atom. The van der Waals surface area contributed by atoms with E-state index in [1.807, 2.05) is 72.8 Å². The lowest BCUT2D eigenvalue weighted by atomic mass is 9.97. The molecule has 0 amide bonds. The Hall–Kier alpha value is -2.43. The van der Waals surface area contributed by atoms with Crippen LogP contribution in [0.1, 0.15) is 56.0 Å². The van der Waals surface area contributed by atoms with Crippen molar-refractivity contribution >= 4 is 64.6 Å². The number of halogens is 3. The Balaban J connectivity index is 0.000000142. The third-order valence-electron chi connectivity index (χ3n) is 6.13. The van der Waals surface area contributed by atoms with Gasteiger partial charge in [-0.2, -0.15) is 0 Å². The van der Waals surface area contributed by atoms with E-state index in [0.29, 0.717) is 0 Å². The Morgan fingerprint density at radius 2 is 0.941 bits per heavy atom. The van der Waals surface area contributed by atoms with Crippen LogP contribution in [0.15, 0.2) is 97.1 Å². The van der Waals surface area contributed by atoms with Gasteiger partial charge in [-0.15, -0.1) is 11.6 Å². The third-order valence-corrected chi connectivity index (χ3v) is 7.91. The number of aliphatic hydroxyl groups is 1. The molecular formula is C30H21Br2ClO. The van der Waals surface area contributed by atoms with E-state index in [-0.39, 0.29) is 5.38 Å². The highest BCUT2D eigenvalue weighted by Crippen LogP contribution is 2.42. The van der Waals surface area contributed by atoms with Crippen LogP contribution in [0.4, 0.5) is 0 Å². The van der Waals surface area contributed by atoms with Crippen molar-refractivity contribution in [2.75, 3.05) is 0 Å². The zero-order chi connectivity index (χ0) is 23.7. The lowest BCUT2D eigenvalue weighted by Gasteiger charge is -2.14. The predicted molar refractivity (Wildman–Crippen MR) is 151 cm³/mol. The minimum atomic E-state index is -0.561. The number of hydrogen-bond acceptors (Lipinski definition) is 1. The molecule has 1 N–H and O–H groups in total. The molecule has 0 spiro atoms. The molecule has 34 heavy (non-hydrogen) atoms. The van der Waals surface area contributed by atoms with Crippen molar-refractivity contribution < 1.29 is 5.11 Å². The van der Waals surface area contributed by atoms with E-state index in [9.17, 15) is 5.11 Å². The molecule has 2 unspecified atom stereocenters. The molecule has 4 heteroatoms. The molecule has 0 bridgehead atoms. The first kappa shape index (κ1) is 23.3. The van der Waals surface area contributed by atoms with E-state index in [4.69, 9.17) is 11.6 Å². The van der Waals surface area contributed by atoms with Crippen molar-refractivity contribution in [3.63, 3.8) is 0 Å². The quantitative estimate of drug-likeness (QED) is 0.202. The van der Waals surface area contributed by atoms with Gasteiger partial charge in [0.1, 0.15) is 6.10 Å². The monoisotopic (exact) mass is 590 g/mol. The average Bonchev–Trinajstić information content (AvgIpc) is 3.06. The van der Waals surface area contributed by atoms with Gasteiger partial charge >= 0.3 is 0 Å². The van der Waals surface area contributed by atoms with Crippen LogP contribution in [0.2, 0.25) is 0 Å². The summed E-state index contributed by atoms with van der Waals surface area (Å²) in [4.78, 5) is 0. The van der Waals surface area contributed by atoms with Crippen molar-refractivity contribution in [3.05, 3.63) is 142 Å². The normalized spacial score (nSPS) is 17.8. The maximum absolute atomic E-state index is 10.5. The summed E-state index contributed by atoms with van der Waals surface area (Å²) in [5, 5.41) is 10.4. The molecular weight excluding hydrogens is 572 g/mol. The Bertz CT molecular complexity index is 1310. The average molecular weight is 593 g/mol. The van der Waals surface area contributed by atoms with Gasteiger partial charge in [0.05, 0.1) is 5.38 Å². The molecule has 0 aliphatic heterocycles. The molecule has 0 heterocycles. The third kappa shape index (κ3) is 4.46. The first-order chi connectivity index (χ1) is 16.5. The molecule has 0 aromatic heterocycles. The van der Waals surface area contributed by atoms with Crippen molar-refractivity contribution in [2.24, 2.45) is 0 Å². The van der Waals surface area contributed by atoms with Gasteiger partial charge in [0.15, 0.2) is 0 Å². The molecule has 4 aromatic rings. The van der Waals surface area contributed by atoms with Crippen molar-refractivity contribution in [3.8, 4) is 0 Å². The molecule has 168 valence electrons. The highest BCUT2D eigenvalue weighted by molar-refractivity contribution is 9.15. The molecule has 0 saturated heterocycles. The number of hydrogen-bond donors (Lipinski definition) is 1. The number of alkyl halides is 1. The maximum Gasteiger partial charge on any atom is 0.105 e. The number of rotatable bonds is 0. The van der Waals surface area contributed by atoms with Crippen LogP contribution >= 0.6 is 43.5 Å². The van der Waals surface area contributed by atoms with E-state index < -0.39 is 6.10 Å². The molecule has 0 fully saturated rings. The maximum atomic E-state index is 10.5. The van der Waals surface area contributed by atoms with Gasteiger partial charge in [0, 0.05) is 8.96 Å². The molecule has 2 aliphatic rings. The SMILES string of the molecule is ClC1c2ccccc2C=C(Br)c2ccccc21.OC1c2ccccc2C=C(Br)c2ccccc21. The van der Waals surface area contributed by atoms with Crippen LogP contribution in [-0.2, 0) is 0 Å². The molecule has 2 aliphatic carbocycles. The Kier molecular flexibility index (Phi) is 6.89. The van der Waals surface area contributed by atoms with Crippen LogP contribution in [0.5, 0.6) is 0 Å². The Labute approximate surface area is 221 Å². The summed E-state index contributed by atoms with van der Waals surface area (Å²) >= 11 is 13.8. The zero-order valence-electron chi connectivity index (χ0n) is 18.1. The van der Waals surface area contributed by atoms with Gasteiger partial charge in [0.2, 0.25) is 0 Å². The zero-order valence-corrected chi connectivity index (χ0v) is 22.1. The van der Waals surface area contributed by atoms with E-state index in [2.05, 4.69) is 68.3 Å². The van der Waals surface area contributed by atoms with E-state index >= 15 is 0 Å². The van der Waals surface area contributed by atoms with Crippen LogP contribution in [0.3, 0.4) is 0 Å². The fraction of sp³-hybridized carbons (Fsp3) is 0.0667. The number of aliphatic hydroxyl groups excluding tert-OH is 1. The topological polar surface area (TPSA) is 20.2 Å². The summed E-state index contributed by atoms with van der Waals surface area (Å²) in [6, 6.07) is 32.4. The summed E-state index contributed by atoms with van der Waals surface area (Å²) in [5.41, 5.74) is 8.67. The van der Waals surface area contributed by atoms with Crippen molar-refractivity contribution in [1.29, 1.82) is 0 Å². The molecule has 1 nitrogen and oxygen atoms in total. The summed E-state index contributed by atoms with van der Waals surface area (Å²) in [7, 11) is 0. The summed E-state index contributed by atoms with van der Waals surface area (Å²) in [6.45, 7) is 0. The van der Waals surface area contributed by atoms with Gasteiger partial charge in [-0.1, -0.05) is 129 Å². The second-order valence-corrected chi connectivity index (χ2v) is 10.3. The van der Waals surface area contributed by atoms with E-state index in [0.717, 1.165) is 42.3 Å². The van der Waals surface area contributed by atoms with Crippen LogP contribution in [-0.4, -0.2) is 5.11 Å².